The Morgan fingerprint density at radius 3 is 2.26 bits per heavy atom. The van der Waals surface area contributed by atoms with Gasteiger partial charge in [-0.15, -0.1) is 0 Å². The van der Waals surface area contributed by atoms with Crippen molar-refractivity contribution in [1.82, 2.24) is 5.32 Å². The van der Waals surface area contributed by atoms with Crippen LogP contribution in [0, 0.1) is 5.92 Å². The van der Waals surface area contributed by atoms with Gasteiger partial charge in [-0.3, -0.25) is 0 Å². The SMILES string of the molecule is CCCCc1ccc(C(C)NCCCC(C)C)cc1. The van der Waals surface area contributed by atoms with Crippen molar-refractivity contribution >= 4 is 0 Å². The molecule has 0 bridgehead atoms. The lowest BCUT2D eigenvalue weighted by Gasteiger charge is -2.15. The van der Waals surface area contributed by atoms with E-state index in [-0.39, 0.29) is 0 Å². The van der Waals surface area contributed by atoms with Crippen LogP contribution in [0.15, 0.2) is 24.3 Å². The summed E-state index contributed by atoms with van der Waals surface area (Å²) >= 11 is 0. The second kappa shape index (κ2) is 9.14. The second-order valence-corrected chi connectivity index (χ2v) is 6.06. The number of hydrogen-bond acceptors (Lipinski definition) is 1. The summed E-state index contributed by atoms with van der Waals surface area (Å²) in [5, 5.41) is 3.62. The summed E-state index contributed by atoms with van der Waals surface area (Å²) < 4.78 is 0. The molecule has 0 fully saturated rings. The fourth-order valence-electron chi connectivity index (χ4n) is 2.30. The molecule has 0 spiro atoms. The van der Waals surface area contributed by atoms with Gasteiger partial charge in [0.1, 0.15) is 0 Å². The monoisotopic (exact) mass is 261 g/mol. The van der Waals surface area contributed by atoms with Crippen LogP contribution in [0.1, 0.15) is 70.5 Å². The van der Waals surface area contributed by atoms with Gasteiger partial charge in [-0.2, -0.15) is 0 Å². The normalized spacial score (nSPS) is 12.9. The number of unbranched alkanes of at least 4 members (excludes halogenated alkanes) is 1. The molecule has 0 amide bonds. The molecule has 1 N–H and O–H groups in total. The lowest BCUT2D eigenvalue weighted by atomic mass is 10.0. The number of aryl methyl sites for hydroxylation is 1. The molecule has 0 radical (unpaired) electrons. The van der Waals surface area contributed by atoms with Gasteiger partial charge < -0.3 is 5.32 Å². The van der Waals surface area contributed by atoms with Crippen molar-refractivity contribution in [2.75, 3.05) is 6.54 Å². The topological polar surface area (TPSA) is 12.0 Å². The molecule has 0 heterocycles. The molecule has 19 heavy (non-hydrogen) atoms. The first-order valence-electron chi connectivity index (χ1n) is 7.95. The van der Waals surface area contributed by atoms with E-state index in [4.69, 9.17) is 0 Å². The molecule has 108 valence electrons. The van der Waals surface area contributed by atoms with E-state index in [0.29, 0.717) is 6.04 Å². The maximum absolute atomic E-state index is 3.62. The highest BCUT2D eigenvalue weighted by Crippen LogP contribution is 2.15. The van der Waals surface area contributed by atoms with Crippen molar-refractivity contribution < 1.29 is 0 Å². The van der Waals surface area contributed by atoms with Crippen LogP contribution in [0.3, 0.4) is 0 Å². The average Bonchev–Trinajstić information content (AvgIpc) is 2.41. The quantitative estimate of drug-likeness (QED) is 0.609. The van der Waals surface area contributed by atoms with Crippen LogP contribution in [0.25, 0.3) is 0 Å². The third-order valence-electron chi connectivity index (χ3n) is 3.71. The Hall–Kier alpha value is -0.820. The Labute approximate surface area is 119 Å². The van der Waals surface area contributed by atoms with Gasteiger partial charge in [0, 0.05) is 6.04 Å². The van der Waals surface area contributed by atoms with Gasteiger partial charge in [-0.1, -0.05) is 51.5 Å². The molecule has 0 aliphatic rings. The standard InChI is InChI=1S/C18H31N/c1-5-6-9-17-10-12-18(13-11-17)16(4)19-14-7-8-15(2)3/h10-13,15-16,19H,5-9,14H2,1-4H3. The molecule has 1 unspecified atom stereocenters. The van der Waals surface area contributed by atoms with Crippen LogP contribution in [-0.4, -0.2) is 6.54 Å². The molecule has 0 aliphatic carbocycles. The van der Waals surface area contributed by atoms with E-state index in [1.54, 1.807) is 0 Å². The smallest absolute Gasteiger partial charge is 0.0291 e. The Morgan fingerprint density at radius 1 is 1.00 bits per heavy atom. The summed E-state index contributed by atoms with van der Waals surface area (Å²) in [6.07, 6.45) is 6.37. The van der Waals surface area contributed by atoms with Gasteiger partial charge in [0.15, 0.2) is 0 Å². The first-order chi connectivity index (χ1) is 9.13. The molecule has 1 nitrogen and oxygen atoms in total. The van der Waals surface area contributed by atoms with Crippen molar-refractivity contribution in [2.24, 2.45) is 5.92 Å². The zero-order chi connectivity index (χ0) is 14.1. The Balaban J connectivity index is 2.33. The van der Waals surface area contributed by atoms with Crippen molar-refractivity contribution in [1.29, 1.82) is 0 Å². The maximum atomic E-state index is 3.62. The lowest BCUT2D eigenvalue weighted by Crippen LogP contribution is -2.20. The van der Waals surface area contributed by atoms with Gasteiger partial charge >= 0.3 is 0 Å². The van der Waals surface area contributed by atoms with Gasteiger partial charge in [0.05, 0.1) is 0 Å². The highest BCUT2D eigenvalue weighted by molar-refractivity contribution is 5.24. The van der Waals surface area contributed by atoms with Crippen LogP contribution in [0.2, 0.25) is 0 Å². The minimum atomic E-state index is 0.465. The third-order valence-corrected chi connectivity index (χ3v) is 3.71. The molecule has 0 aliphatic heterocycles. The average molecular weight is 261 g/mol. The van der Waals surface area contributed by atoms with E-state index in [2.05, 4.69) is 57.3 Å². The van der Waals surface area contributed by atoms with Crippen LogP contribution in [0.4, 0.5) is 0 Å². The Bertz CT molecular complexity index is 326. The summed E-state index contributed by atoms with van der Waals surface area (Å²) in [7, 11) is 0. The summed E-state index contributed by atoms with van der Waals surface area (Å²) in [5.41, 5.74) is 2.88. The highest BCUT2D eigenvalue weighted by Gasteiger charge is 2.04. The van der Waals surface area contributed by atoms with Crippen molar-refractivity contribution in [2.45, 2.75) is 65.8 Å². The van der Waals surface area contributed by atoms with E-state index in [1.807, 2.05) is 0 Å². The first kappa shape index (κ1) is 16.2. The van der Waals surface area contributed by atoms with E-state index < -0.39 is 0 Å². The van der Waals surface area contributed by atoms with Gasteiger partial charge in [-0.25, -0.2) is 0 Å². The predicted molar refractivity (Wildman–Crippen MR) is 85.5 cm³/mol. The van der Waals surface area contributed by atoms with Crippen LogP contribution in [-0.2, 0) is 6.42 Å². The summed E-state index contributed by atoms with van der Waals surface area (Å²) in [6.45, 7) is 10.2. The molecule has 1 aromatic rings. The van der Waals surface area contributed by atoms with Crippen LogP contribution in [0.5, 0.6) is 0 Å². The van der Waals surface area contributed by atoms with Crippen molar-refractivity contribution in [3.8, 4) is 0 Å². The summed E-state index contributed by atoms with van der Waals surface area (Å²) in [5.74, 6) is 0.815. The van der Waals surface area contributed by atoms with E-state index in [9.17, 15) is 0 Å². The zero-order valence-corrected chi connectivity index (χ0v) is 13.2. The van der Waals surface area contributed by atoms with Gasteiger partial charge in [0.2, 0.25) is 0 Å². The fraction of sp³-hybridized carbons (Fsp3) is 0.667. The molecule has 0 saturated heterocycles. The summed E-state index contributed by atoms with van der Waals surface area (Å²) in [6, 6.07) is 9.61. The van der Waals surface area contributed by atoms with Gasteiger partial charge in [0.25, 0.3) is 0 Å². The molecule has 1 aromatic carbocycles. The number of rotatable bonds is 9. The highest BCUT2D eigenvalue weighted by atomic mass is 14.9. The molecular weight excluding hydrogens is 230 g/mol. The van der Waals surface area contributed by atoms with E-state index in [1.165, 1.54) is 43.2 Å². The Kier molecular flexibility index (Phi) is 7.81. The Morgan fingerprint density at radius 2 is 1.68 bits per heavy atom. The molecule has 1 rings (SSSR count). The van der Waals surface area contributed by atoms with Crippen LogP contribution >= 0.6 is 0 Å². The molecular formula is C18H31N. The maximum Gasteiger partial charge on any atom is 0.0291 e. The zero-order valence-electron chi connectivity index (χ0n) is 13.2. The molecule has 0 saturated carbocycles. The van der Waals surface area contributed by atoms with Gasteiger partial charge in [-0.05, 0) is 56.2 Å². The number of nitrogens with one attached hydrogen (secondary N) is 1. The van der Waals surface area contributed by atoms with Crippen molar-refractivity contribution in [3.05, 3.63) is 35.4 Å². The minimum Gasteiger partial charge on any atom is -0.310 e. The third kappa shape index (κ3) is 6.77. The first-order valence-corrected chi connectivity index (χ1v) is 7.95. The number of benzene rings is 1. The lowest BCUT2D eigenvalue weighted by molar-refractivity contribution is 0.497. The molecule has 0 aromatic heterocycles. The second-order valence-electron chi connectivity index (χ2n) is 6.06. The fourth-order valence-corrected chi connectivity index (χ4v) is 2.30. The molecule has 1 heteroatoms. The largest absolute Gasteiger partial charge is 0.310 e. The van der Waals surface area contributed by atoms with E-state index in [0.717, 1.165) is 12.5 Å². The summed E-state index contributed by atoms with van der Waals surface area (Å²) in [4.78, 5) is 0. The minimum absolute atomic E-state index is 0.465. The van der Waals surface area contributed by atoms with E-state index >= 15 is 0 Å². The van der Waals surface area contributed by atoms with Crippen molar-refractivity contribution in [3.63, 3.8) is 0 Å². The predicted octanol–water partition coefficient (Wildman–Crippen LogP) is 5.12. The molecule has 1 atom stereocenters. The van der Waals surface area contributed by atoms with Crippen LogP contribution < -0.4 is 5.32 Å². The number of hydrogen-bond donors (Lipinski definition) is 1.